The molecule has 1 aromatic rings. The monoisotopic (exact) mass is 447 g/mol. The van der Waals surface area contributed by atoms with E-state index in [9.17, 15) is 24.3 Å². The molecule has 0 aromatic heterocycles. The number of benzene rings is 1. The third-order valence-corrected chi connectivity index (χ3v) is 5.17. The van der Waals surface area contributed by atoms with E-state index >= 15 is 0 Å². The van der Waals surface area contributed by atoms with Gasteiger partial charge in [0.05, 0.1) is 11.3 Å². The van der Waals surface area contributed by atoms with Gasteiger partial charge in [0, 0.05) is 6.54 Å². The summed E-state index contributed by atoms with van der Waals surface area (Å²) in [6, 6.07) is 3.16. The molecular formula is C23H33N3O6. The minimum Gasteiger partial charge on any atom is -0.478 e. The van der Waals surface area contributed by atoms with Crippen LogP contribution in [0, 0.1) is 12.8 Å². The van der Waals surface area contributed by atoms with Crippen molar-refractivity contribution in [1.82, 2.24) is 10.2 Å². The highest BCUT2D eigenvalue weighted by Gasteiger charge is 2.38. The number of rotatable bonds is 6. The molecule has 0 aliphatic carbocycles. The first kappa shape index (κ1) is 25.2. The first-order valence-corrected chi connectivity index (χ1v) is 10.8. The first-order valence-electron chi connectivity index (χ1n) is 10.8. The van der Waals surface area contributed by atoms with Crippen molar-refractivity contribution in [2.24, 2.45) is 5.92 Å². The van der Waals surface area contributed by atoms with Gasteiger partial charge in [0.15, 0.2) is 0 Å². The molecule has 9 heteroatoms. The number of carboxylic acids is 1. The minimum atomic E-state index is -1.15. The maximum atomic E-state index is 13.0. The summed E-state index contributed by atoms with van der Waals surface area (Å²) in [4.78, 5) is 51.5. The van der Waals surface area contributed by atoms with E-state index in [4.69, 9.17) is 4.74 Å². The predicted octanol–water partition coefficient (Wildman–Crippen LogP) is 3.17. The second-order valence-electron chi connectivity index (χ2n) is 9.35. The second-order valence-corrected chi connectivity index (χ2v) is 9.35. The lowest BCUT2D eigenvalue weighted by Crippen LogP contribution is -2.54. The molecule has 0 unspecified atom stereocenters. The zero-order chi connectivity index (χ0) is 24.2. The molecule has 2 rings (SSSR count). The fourth-order valence-electron chi connectivity index (χ4n) is 3.63. The molecule has 1 aromatic carbocycles. The summed E-state index contributed by atoms with van der Waals surface area (Å²) in [6.07, 6.45) is 0.561. The van der Waals surface area contributed by atoms with Gasteiger partial charge in [0.1, 0.15) is 17.7 Å². The van der Waals surface area contributed by atoms with Gasteiger partial charge in [-0.1, -0.05) is 26.0 Å². The highest BCUT2D eigenvalue weighted by molar-refractivity contribution is 6.04. The molecule has 1 heterocycles. The molecule has 0 saturated carbocycles. The van der Waals surface area contributed by atoms with Crippen molar-refractivity contribution < 1.29 is 29.0 Å². The lowest BCUT2D eigenvalue weighted by molar-refractivity contribution is -0.130. The van der Waals surface area contributed by atoms with Crippen LogP contribution in [0.5, 0.6) is 0 Å². The molecule has 0 bridgehead atoms. The van der Waals surface area contributed by atoms with Crippen molar-refractivity contribution in [3.8, 4) is 0 Å². The fourth-order valence-corrected chi connectivity index (χ4v) is 3.63. The van der Waals surface area contributed by atoms with Gasteiger partial charge in [-0.05, 0) is 58.1 Å². The van der Waals surface area contributed by atoms with Crippen LogP contribution in [0.25, 0.3) is 0 Å². The van der Waals surface area contributed by atoms with Crippen LogP contribution in [0.3, 0.4) is 0 Å². The third-order valence-electron chi connectivity index (χ3n) is 5.17. The number of aromatic carboxylic acids is 1. The maximum Gasteiger partial charge on any atom is 0.410 e. The summed E-state index contributed by atoms with van der Waals surface area (Å²) >= 11 is 0. The average molecular weight is 448 g/mol. The van der Waals surface area contributed by atoms with Gasteiger partial charge in [-0.3, -0.25) is 14.5 Å². The summed E-state index contributed by atoms with van der Waals surface area (Å²) in [6.45, 7) is 10.9. The first-order chi connectivity index (χ1) is 14.8. The Morgan fingerprint density at radius 2 is 1.84 bits per heavy atom. The summed E-state index contributed by atoms with van der Waals surface area (Å²) in [5, 5.41) is 14.9. The van der Waals surface area contributed by atoms with Gasteiger partial charge in [0.25, 0.3) is 0 Å². The van der Waals surface area contributed by atoms with E-state index in [0.717, 1.165) is 0 Å². The molecule has 2 atom stereocenters. The Labute approximate surface area is 188 Å². The number of carbonyl (C=O) groups excluding carboxylic acids is 3. The SMILES string of the molecule is Cc1cccc(NC(=O)[C@@H](NC(=O)[C@@H]2CCCN2C(=O)OC(C)(C)C)C(C)C)c1C(=O)O. The minimum absolute atomic E-state index is 0.00146. The van der Waals surface area contributed by atoms with Gasteiger partial charge in [-0.25, -0.2) is 9.59 Å². The Balaban J connectivity index is 2.15. The molecule has 1 saturated heterocycles. The second kappa shape index (κ2) is 10.0. The summed E-state index contributed by atoms with van der Waals surface area (Å²) in [5.74, 6) is -2.39. The van der Waals surface area contributed by atoms with Crippen molar-refractivity contribution >= 4 is 29.6 Å². The smallest absolute Gasteiger partial charge is 0.410 e. The molecule has 3 N–H and O–H groups in total. The molecule has 1 aliphatic rings. The third kappa shape index (κ3) is 6.21. The largest absolute Gasteiger partial charge is 0.478 e. The van der Waals surface area contributed by atoms with E-state index in [1.807, 2.05) is 0 Å². The number of hydrogen-bond acceptors (Lipinski definition) is 5. The predicted molar refractivity (Wildman–Crippen MR) is 119 cm³/mol. The van der Waals surface area contributed by atoms with Gasteiger partial charge < -0.3 is 20.5 Å². The number of anilines is 1. The zero-order valence-corrected chi connectivity index (χ0v) is 19.5. The van der Waals surface area contributed by atoms with Crippen molar-refractivity contribution in [2.45, 2.75) is 72.1 Å². The van der Waals surface area contributed by atoms with E-state index in [2.05, 4.69) is 10.6 Å². The Morgan fingerprint density at radius 1 is 1.19 bits per heavy atom. The molecule has 3 amide bonds. The highest BCUT2D eigenvalue weighted by Crippen LogP contribution is 2.23. The van der Waals surface area contributed by atoms with Crippen LogP contribution in [0.1, 0.15) is 63.4 Å². The number of hydrogen-bond donors (Lipinski definition) is 3. The van der Waals surface area contributed by atoms with Crippen molar-refractivity contribution in [1.29, 1.82) is 0 Å². The fraction of sp³-hybridized carbons (Fsp3) is 0.565. The Bertz CT molecular complexity index is 890. The summed E-state index contributed by atoms with van der Waals surface area (Å²) in [7, 11) is 0. The van der Waals surface area contributed by atoms with E-state index in [1.165, 1.54) is 11.0 Å². The number of nitrogens with zero attached hydrogens (tertiary/aromatic N) is 1. The maximum absolute atomic E-state index is 13.0. The van der Waals surface area contributed by atoms with Crippen LogP contribution >= 0.6 is 0 Å². The molecule has 9 nitrogen and oxygen atoms in total. The van der Waals surface area contributed by atoms with Crippen LogP contribution in [-0.4, -0.2) is 58.1 Å². The van der Waals surface area contributed by atoms with Gasteiger partial charge in [-0.2, -0.15) is 0 Å². The molecule has 1 aliphatic heterocycles. The molecule has 32 heavy (non-hydrogen) atoms. The van der Waals surface area contributed by atoms with E-state index in [-0.39, 0.29) is 17.2 Å². The van der Waals surface area contributed by atoms with Crippen molar-refractivity contribution in [3.63, 3.8) is 0 Å². The topological polar surface area (TPSA) is 125 Å². The highest BCUT2D eigenvalue weighted by atomic mass is 16.6. The van der Waals surface area contributed by atoms with Gasteiger partial charge >= 0.3 is 12.1 Å². The van der Waals surface area contributed by atoms with Crippen molar-refractivity contribution in [2.75, 3.05) is 11.9 Å². The van der Waals surface area contributed by atoms with Crippen LogP contribution in [0.4, 0.5) is 10.5 Å². The zero-order valence-electron chi connectivity index (χ0n) is 19.5. The Kier molecular flexibility index (Phi) is 7.87. The Hall–Kier alpha value is -3.10. The van der Waals surface area contributed by atoms with Crippen molar-refractivity contribution in [3.05, 3.63) is 29.3 Å². The molecular weight excluding hydrogens is 414 g/mol. The van der Waals surface area contributed by atoms with E-state index in [0.29, 0.717) is 24.9 Å². The number of carboxylic acid groups (broad SMARTS) is 1. The number of aryl methyl sites for hydroxylation is 1. The summed E-state index contributed by atoms with van der Waals surface area (Å²) < 4.78 is 5.40. The number of carbonyl (C=O) groups is 4. The van der Waals surface area contributed by atoms with Crippen LogP contribution < -0.4 is 10.6 Å². The molecule has 176 valence electrons. The number of nitrogens with one attached hydrogen (secondary N) is 2. The standard InChI is InChI=1S/C23H33N3O6/c1-13(2)18(20(28)24-15-10-7-9-14(3)17(15)21(29)30)25-19(27)16-11-8-12-26(16)22(31)32-23(4,5)6/h7,9-10,13,16,18H,8,11-12H2,1-6H3,(H,24,28)(H,25,27)(H,29,30)/t16-,18-/m0/s1. The normalized spacial score (nSPS) is 17.1. The molecule has 0 spiro atoms. The Morgan fingerprint density at radius 3 is 2.41 bits per heavy atom. The van der Waals surface area contributed by atoms with E-state index in [1.54, 1.807) is 53.7 Å². The molecule has 1 fully saturated rings. The average Bonchev–Trinajstić information content (AvgIpc) is 3.14. The lowest BCUT2D eigenvalue weighted by atomic mass is 10.0. The van der Waals surface area contributed by atoms with Crippen LogP contribution in [0.2, 0.25) is 0 Å². The van der Waals surface area contributed by atoms with Gasteiger partial charge in [0.2, 0.25) is 11.8 Å². The number of ether oxygens (including phenoxy) is 1. The molecule has 0 radical (unpaired) electrons. The quantitative estimate of drug-likeness (QED) is 0.615. The van der Waals surface area contributed by atoms with E-state index < -0.39 is 41.6 Å². The van der Waals surface area contributed by atoms with Gasteiger partial charge in [-0.15, -0.1) is 0 Å². The lowest BCUT2D eigenvalue weighted by Gasteiger charge is -2.29. The number of likely N-dealkylation sites (tertiary alicyclic amines) is 1. The van der Waals surface area contributed by atoms with Crippen LogP contribution in [-0.2, 0) is 14.3 Å². The summed E-state index contributed by atoms with van der Waals surface area (Å²) in [5.41, 5.74) is -0.00362. The van der Waals surface area contributed by atoms with Crippen LogP contribution in [0.15, 0.2) is 18.2 Å². The number of amides is 3.